The molecule has 174 valence electrons. The minimum atomic E-state index is 0.0653. The Morgan fingerprint density at radius 2 is 1.88 bits per heavy atom. The SMILES string of the molecule is O=C(CSc1nnc(-c2c[nH]c3ccccc23)n1C1CC1)N[C@@H]1CCN(Cc2ccccc2)C1. The van der Waals surface area contributed by atoms with Crippen molar-refractivity contribution >= 4 is 28.6 Å². The van der Waals surface area contributed by atoms with Crippen molar-refractivity contribution in [2.45, 2.75) is 43.0 Å². The largest absolute Gasteiger partial charge is 0.360 e. The summed E-state index contributed by atoms with van der Waals surface area (Å²) in [6, 6.07) is 19.4. The van der Waals surface area contributed by atoms with Gasteiger partial charge in [0.15, 0.2) is 11.0 Å². The Balaban J connectivity index is 1.08. The third-order valence-corrected chi connectivity index (χ3v) is 7.57. The third kappa shape index (κ3) is 4.48. The lowest BCUT2D eigenvalue weighted by atomic mass is 10.1. The van der Waals surface area contributed by atoms with Crippen molar-refractivity contribution < 1.29 is 4.79 Å². The van der Waals surface area contributed by atoms with Crippen LogP contribution in [0.4, 0.5) is 0 Å². The maximum atomic E-state index is 12.7. The molecule has 0 spiro atoms. The highest BCUT2D eigenvalue weighted by Crippen LogP contribution is 2.42. The quantitative estimate of drug-likeness (QED) is 0.375. The van der Waals surface area contributed by atoms with E-state index in [0.29, 0.717) is 11.8 Å². The lowest BCUT2D eigenvalue weighted by Crippen LogP contribution is -2.38. The standard InChI is InChI=1S/C26H28N6OS/c33-24(28-19-12-13-31(16-19)15-18-6-2-1-3-7-18)17-34-26-30-29-25(32(26)20-10-11-20)22-14-27-23-9-5-4-8-21(22)23/h1-9,14,19-20,27H,10-13,15-17H2,(H,28,33)/t19-/m1/s1. The van der Waals surface area contributed by atoms with Crippen LogP contribution in [0.5, 0.6) is 0 Å². The number of likely N-dealkylation sites (tertiary alicyclic amines) is 1. The number of nitrogens with zero attached hydrogens (tertiary/aromatic N) is 4. The summed E-state index contributed by atoms with van der Waals surface area (Å²) in [5, 5.41) is 14.2. The minimum Gasteiger partial charge on any atom is -0.360 e. The van der Waals surface area contributed by atoms with Crippen molar-refractivity contribution in [2.75, 3.05) is 18.8 Å². The fourth-order valence-electron chi connectivity index (χ4n) is 4.81. The normalized spacial score (nSPS) is 18.5. The van der Waals surface area contributed by atoms with Gasteiger partial charge in [0.2, 0.25) is 5.91 Å². The lowest BCUT2D eigenvalue weighted by Gasteiger charge is -2.16. The fraction of sp³-hybridized carbons (Fsp3) is 0.346. The Bertz CT molecular complexity index is 1300. The van der Waals surface area contributed by atoms with Gasteiger partial charge in [-0.3, -0.25) is 14.3 Å². The number of aromatic nitrogens is 4. The van der Waals surface area contributed by atoms with E-state index in [1.54, 1.807) is 0 Å². The molecule has 1 atom stereocenters. The Labute approximate surface area is 202 Å². The molecule has 0 unspecified atom stereocenters. The summed E-state index contributed by atoms with van der Waals surface area (Å²) < 4.78 is 2.23. The van der Waals surface area contributed by atoms with E-state index in [2.05, 4.69) is 66.4 Å². The molecule has 2 N–H and O–H groups in total. The highest BCUT2D eigenvalue weighted by atomic mass is 32.2. The van der Waals surface area contributed by atoms with E-state index in [-0.39, 0.29) is 11.9 Å². The molecule has 1 aliphatic carbocycles. The number of aromatic amines is 1. The average Bonchev–Trinajstić information content (AvgIpc) is 3.25. The van der Waals surface area contributed by atoms with Gasteiger partial charge in [-0.15, -0.1) is 10.2 Å². The van der Waals surface area contributed by atoms with E-state index in [4.69, 9.17) is 0 Å². The molecule has 4 aromatic rings. The van der Waals surface area contributed by atoms with E-state index < -0.39 is 0 Å². The number of thioether (sulfide) groups is 1. The monoisotopic (exact) mass is 472 g/mol. The van der Waals surface area contributed by atoms with Crippen LogP contribution in [0.15, 0.2) is 66.0 Å². The Hall–Kier alpha value is -3.10. The smallest absolute Gasteiger partial charge is 0.230 e. The highest BCUT2D eigenvalue weighted by molar-refractivity contribution is 7.99. The maximum Gasteiger partial charge on any atom is 0.230 e. The number of benzene rings is 2. The molecule has 1 saturated carbocycles. The Morgan fingerprint density at radius 3 is 2.74 bits per heavy atom. The molecule has 1 saturated heterocycles. The fourth-order valence-corrected chi connectivity index (χ4v) is 5.63. The lowest BCUT2D eigenvalue weighted by molar-refractivity contribution is -0.119. The predicted molar refractivity (Wildman–Crippen MR) is 135 cm³/mol. The molecule has 8 heteroatoms. The molecule has 2 aliphatic rings. The average molecular weight is 473 g/mol. The van der Waals surface area contributed by atoms with Crippen LogP contribution in [0.1, 0.15) is 30.9 Å². The van der Waals surface area contributed by atoms with Crippen molar-refractivity contribution in [1.29, 1.82) is 0 Å². The molecule has 0 bridgehead atoms. The number of H-pyrrole nitrogens is 1. The number of hydrogen-bond acceptors (Lipinski definition) is 5. The van der Waals surface area contributed by atoms with E-state index in [9.17, 15) is 4.79 Å². The molecule has 3 heterocycles. The molecular formula is C26H28N6OS. The number of carbonyl (C=O) groups is 1. The zero-order chi connectivity index (χ0) is 22.9. The summed E-state index contributed by atoms with van der Waals surface area (Å²) in [5.41, 5.74) is 3.47. The second kappa shape index (κ2) is 9.27. The molecule has 2 aromatic heterocycles. The van der Waals surface area contributed by atoms with Crippen LogP contribution in [-0.2, 0) is 11.3 Å². The van der Waals surface area contributed by atoms with Crippen LogP contribution < -0.4 is 5.32 Å². The first kappa shape index (κ1) is 21.4. The molecule has 1 amide bonds. The number of amides is 1. The summed E-state index contributed by atoms with van der Waals surface area (Å²) in [7, 11) is 0. The molecule has 1 aliphatic heterocycles. The van der Waals surface area contributed by atoms with Gasteiger partial charge in [-0.25, -0.2) is 0 Å². The van der Waals surface area contributed by atoms with Gasteiger partial charge in [-0.2, -0.15) is 0 Å². The van der Waals surface area contributed by atoms with E-state index >= 15 is 0 Å². The molecule has 0 radical (unpaired) electrons. The predicted octanol–water partition coefficient (Wildman–Crippen LogP) is 4.24. The molecular weight excluding hydrogens is 444 g/mol. The molecule has 7 nitrogen and oxygen atoms in total. The van der Waals surface area contributed by atoms with Crippen LogP contribution in [0.2, 0.25) is 0 Å². The Morgan fingerprint density at radius 1 is 1.06 bits per heavy atom. The van der Waals surface area contributed by atoms with Gasteiger partial charge in [0.25, 0.3) is 0 Å². The second-order valence-corrected chi connectivity index (χ2v) is 10.2. The highest BCUT2D eigenvalue weighted by Gasteiger charge is 2.31. The second-order valence-electron chi connectivity index (χ2n) is 9.22. The number of carbonyl (C=O) groups excluding carboxylic acids is 1. The van der Waals surface area contributed by atoms with E-state index in [0.717, 1.165) is 66.3 Å². The van der Waals surface area contributed by atoms with Gasteiger partial charge < -0.3 is 10.3 Å². The van der Waals surface area contributed by atoms with Crippen LogP contribution in [-0.4, -0.2) is 55.4 Å². The summed E-state index contributed by atoms with van der Waals surface area (Å²) in [4.78, 5) is 18.5. The Kier molecular flexibility index (Phi) is 5.84. The van der Waals surface area contributed by atoms with Crippen LogP contribution in [0, 0.1) is 0 Å². The zero-order valence-corrected chi connectivity index (χ0v) is 19.8. The number of hydrogen-bond donors (Lipinski definition) is 2. The van der Waals surface area contributed by atoms with Crippen LogP contribution in [0.3, 0.4) is 0 Å². The van der Waals surface area contributed by atoms with Gasteiger partial charge in [0.05, 0.1) is 5.75 Å². The number of para-hydroxylation sites is 1. The van der Waals surface area contributed by atoms with Gasteiger partial charge in [0.1, 0.15) is 0 Å². The minimum absolute atomic E-state index is 0.0653. The molecule has 34 heavy (non-hydrogen) atoms. The van der Waals surface area contributed by atoms with Crippen molar-refractivity contribution in [2.24, 2.45) is 0 Å². The molecule has 6 rings (SSSR count). The molecule has 2 aromatic carbocycles. The number of rotatable bonds is 8. The van der Waals surface area contributed by atoms with Gasteiger partial charge in [-0.05, 0) is 30.9 Å². The van der Waals surface area contributed by atoms with Crippen LogP contribution >= 0.6 is 11.8 Å². The zero-order valence-electron chi connectivity index (χ0n) is 19.0. The van der Waals surface area contributed by atoms with Crippen molar-refractivity contribution in [3.8, 4) is 11.4 Å². The van der Waals surface area contributed by atoms with E-state index in [1.807, 2.05) is 24.4 Å². The van der Waals surface area contributed by atoms with Gasteiger partial charge >= 0.3 is 0 Å². The van der Waals surface area contributed by atoms with Crippen molar-refractivity contribution in [1.82, 2.24) is 30.0 Å². The third-order valence-electron chi connectivity index (χ3n) is 6.63. The first-order valence-corrected chi connectivity index (χ1v) is 12.9. The van der Waals surface area contributed by atoms with Crippen LogP contribution in [0.25, 0.3) is 22.3 Å². The topological polar surface area (TPSA) is 78.8 Å². The first-order chi connectivity index (χ1) is 16.7. The summed E-state index contributed by atoms with van der Waals surface area (Å²) in [6.07, 6.45) is 5.27. The number of fused-ring (bicyclic) bond motifs is 1. The summed E-state index contributed by atoms with van der Waals surface area (Å²) in [5.74, 6) is 1.30. The summed E-state index contributed by atoms with van der Waals surface area (Å²) in [6.45, 7) is 2.84. The van der Waals surface area contributed by atoms with E-state index in [1.165, 1.54) is 17.3 Å². The first-order valence-electron chi connectivity index (χ1n) is 11.9. The number of nitrogens with one attached hydrogen (secondary N) is 2. The maximum absolute atomic E-state index is 12.7. The van der Waals surface area contributed by atoms with Gasteiger partial charge in [-0.1, -0.05) is 60.3 Å². The summed E-state index contributed by atoms with van der Waals surface area (Å²) >= 11 is 1.49. The van der Waals surface area contributed by atoms with Crippen molar-refractivity contribution in [3.05, 3.63) is 66.4 Å². The van der Waals surface area contributed by atoms with Gasteiger partial charge in [0, 0.05) is 54.4 Å². The molecule has 2 fully saturated rings. The van der Waals surface area contributed by atoms with Crippen molar-refractivity contribution in [3.63, 3.8) is 0 Å².